The molecule has 0 amide bonds. The van der Waals surface area contributed by atoms with Crippen LogP contribution < -0.4 is 5.32 Å². The zero-order chi connectivity index (χ0) is 13.8. The normalized spacial score (nSPS) is 24.9. The summed E-state index contributed by atoms with van der Waals surface area (Å²) in [5.74, 6) is 0.684. The van der Waals surface area contributed by atoms with Crippen molar-refractivity contribution in [1.82, 2.24) is 15.2 Å². The molecule has 0 saturated carbocycles. The molecule has 1 fully saturated rings. The van der Waals surface area contributed by atoms with Crippen LogP contribution in [0.1, 0.15) is 43.9 Å². The Morgan fingerprint density at radius 3 is 2.89 bits per heavy atom. The van der Waals surface area contributed by atoms with Crippen LogP contribution in [0.15, 0.2) is 18.5 Å². The Hall–Kier alpha value is -0.930. The summed E-state index contributed by atoms with van der Waals surface area (Å²) in [5.41, 5.74) is 2.78. The summed E-state index contributed by atoms with van der Waals surface area (Å²) in [4.78, 5) is 7.01. The van der Waals surface area contributed by atoms with Crippen molar-refractivity contribution in [3.63, 3.8) is 0 Å². The summed E-state index contributed by atoms with van der Waals surface area (Å²) in [7, 11) is 2.06. The first-order valence-corrected chi connectivity index (χ1v) is 7.46. The van der Waals surface area contributed by atoms with Crippen molar-refractivity contribution in [2.45, 2.75) is 45.7 Å². The summed E-state index contributed by atoms with van der Waals surface area (Å²) in [5, 5.41) is 3.37. The van der Waals surface area contributed by atoms with E-state index < -0.39 is 0 Å². The van der Waals surface area contributed by atoms with Gasteiger partial charge >= 0.3 is 0 Å². The molecule has 1 aliphatic heterocycles. The zero-order valence-electron chi connectivity index (χ0n) is 12.7. The van der Waals surface area contributed by atoms with Crippen LogP contribution in [0.25, 0.3) is 0 Å². The molecule has 106 valence electrons. The molecule has 3 nitrogen and oxygen atoms in total. The molecule has 2 rings (SSSR count). The van der Waals surface area contributed by atoms with Crippen LogP contribution >= 0.6 is 0 Å². The minimum Gasteiger partial charge on any atom is -0.319 e. The molecular formula is C16H27N3. The molecule has 2 atom stereocenters. The van der Waals surface area contributed by atoms with Crippen molar-refractivity contribution >= 4 is 0 Å². The standard InChI is InChI=1S/C16H27N3/c1-12(2)19-9-5-6-14(10-17-4)16(19)15-11-18-8-7-13(15)3/h7-8,11-12,14,16-17H,5-6,9-10H2,1-4H3. The van der Waals surface area contributed by atoms with Gasteiger partial charge in [0.25, 0.3) is 0 Å². The van der Waals surface area contributed by atoms with Crippen molar-refractivity contribution in [1.29, 1.82) is 0 Å². The molecule has 1 N–H and O–H groups in total. The third kappa shape index (κ3) is 3.15. The van der Waals surface area contributed by atoms with E-state index in [1.807, 2.05) is 6.20 Å². The number of nitrogens with one attached hydrogen (secondary N) is 1. The van der Waals surface area contributed by atoms with Crippen LogP contribution in [-0.4, -0.2) is 36.1 Å². The van der Waals surface area contributed by atoms with Crippen molar-refractivity contribution in [3.05, 3.63) is 29.6 Å². The summed E-state index contributed by atoms with van der Waals surface area (Å²) < 4.78 is 0. The maximum Gasteiger partial charge on any atom is 0.0408 e. The average Bonchev–Trinajstić information content (AvgIpc) is 2.40. The fraction of sp³-hybridized carbons (Fsp3) is 0.688. The smallest absolute Gasteiger partial charge is 0.0408 e. The van der Waals surface area contributed by atoms with E-state index in [2.05, 4.69) is 55.3 Å². The second-order valence-corrected chi connectivity index (χ2v) is 5.97. The molecule has 1 aliphatic rings. The molecule has 0 aliphatic carbocycles. The highest BCUT2D eigenvalue weighted by Gasteiger charge is 2.34. The first kappa shape index (κ1) is 14.5. The van der Waals surface area contributed by atoms with Gasteiger partial charge in [-0.3, -0.25) is 9.88 Å². The zero-order valence-corrected chi connectivity index (χ0v) is 12.7. The molecule has 3 heteroatoms. The maximum atomic E-state index is 4.36. The number of nitrogens with zero attached hydrogens (tertiary/aromatic N) is 2. The van der Waals surface area contributed by atoms with Crippen molar-refractivity contribution < 1.29 is 0 Å². The Kier molecular flexibility index (Phi) is 4.94. The van der Waals surface area contributed by atoms with Gasteiger partial charge in [-0.1, -0.05) is 0 Å². The molecule has 0 aromatic carbocycles. The Bertz CT molecular complexity index is 401. The average molecular weight is 261 g/mol. The van der Waals surface area contributed by atoms with Gasteiger partial charge in [0.05, 0.1) is 0 Å². The van der Waals surface area contributed by atoms with E-state index in [1.54, 1.807) is 0 Å². The van der Waals surface area contributed by atoms with E-state index >= 15 is 0 Å². The molecule has 0 radical (unpaired) electrons. The third-order valence-electron chi connectivity index (χ3n) is 4.32. The molecule has 0 bridgehead atoms. The number of likely N-dealkylation sites (tertiary alicyclic amines) is 1. The molecular weight excluding hydrogens is 234 g/mol. The van der Waals surface area contributed by atoms with Crippen LogP contribution in [0.2, 0.25) is 0 Å². The molecule has 1 aromatic heterocycles. The van der Waals surface area contributed by atoms with Crippen molar-refractivity contribution in [2.24, 2.45) is 5.92 Å². The van der Waals surface area contributed by atoms with Gasteiger partial charge in [0.2, 0.25) is 0 Å². The van der Waals surface area contributed by atoms with Gasteiger partial charge in [0, 0.05) is 24.5 Å². The minimum absolute atomic E-state index is 0.509. The van der Waals surface area contributed by atoms with Gasteiger partial charge in [0.1, 0.15) is 0 Å². The lowest BCUT2D eigenvalue weighted by atomic mass is 9.83. The highest BCUT2D eigenvalue weighted by molar-refractivity contribution is 5.26. The van der Waals surface area contributed by atoms with Crippen LogP contribution in [-0.2, 0) is 0 Å². The quantitative estimate of drug-likeness (QED) is 0.903. The number of aryl methyl sites for hydroxylation is 1. The number of pyridine rings is 1. The molecule has 0 spiro atoms. The maximum absolute atomic E-state index is 4.36. The lowest BCUT2D eigenvalue weighted by Gasteiger charge is -2.44. The van der Waals surface area contributed by atoms with Crippen LogP contribution in [0.4, 0.5) is 0 Å². The molecule has 19 heavy (non-hydrogen) atoms. The van der Waals surface area contributed by atoms with Gasteiger partial charge in [-0.25, -0.2) is 0 Å². The molecule has 2 heterocycles. The number of hydrogen-bond donors (Lipinski definition) is 1. The summed E-state index contributed by atoms with van der Waals surface area (Å²) in [6.45, 7) is 9.11. The topological polar surface area (TPSA) is 28.2 Å². The van der Waals surface area contributed by atoms with E-state index in [9.17, 15) is 0 Å². The fourth-order valence-electron chi connectivity index (χ4n) is 3.38. The van der Waals surface area contributed by atoms with E-state index in [-0.39, 0.29) is 0 Å². The predicted molar refractivity (Wildman–Crippen MR) is 80.2 cm³/mol. The summed E-state index contributed by atoms with van der Waals surface area (Å²) in [6, 6.07) is 3.23. The van der Waals surface area contributed by atoms with Crippen molar-refractivity contribution in [3.8, 4) is 0 Å². The number of aromatic nitrogens is 1. The second-order valence-electron chi connectivity index (χ2n) is 5.97. The monoisotopic (exact) mass is 261 g/mol. The van der Waals surface area contributed by atoms with Gasteiger partial charge in [-0.2, -0.15) is 0 Å². The SMILES string of the molecule is CNCC1CCCN(C(C)C)C1c1cnccc1C. The molecule has 2 unspecified atom stereocenters. The first-order chi connectivity index (χ1) is 9.15. The highest BCUT2D eigenvalue weighted by atomic mass is 15.2. The third-order valence-corrected chi connectivity index (χ3v) is 4.32. The molecule has 1 aromatic rings. The van der Waals surface area contributed by atoms with E-state index in [4.69, 9.17) is 0 Å². The summed E-state index contributed by atoms with van der Waals surface area (Å²) in [6.07, 6.45) is 6.58. The van der Waals surface area contributed by atoms with Gasteiger partial charge in [0.15, 0.2) is 0 Å². The Labute approximate surface area is 117 Å². The summed E-state index contributed by atoms with van der Waals surface area (Å²) >= 11 is 0. The Balaban J connectivity index is 2.34. The van der Waals surface area contributed by atoms with E-state index in [1.165, 1.54) is 30.5 Å². The number of rotatable bonds is 4. The highest BCUT2D eigenvalue weighted by Crippen LogP contribution is 2.37. The van der Waals surface area contributed by atoms with Gasteiger partial charge in [-0.05, 0) is 76.9 Å². The van der Waals surface area contributed by atoms with E-state index in [0.717, 1.165) is 6.54 Å². The molecule has 1 saturated heterocycles. The van der Waals surface area contributed by atoms with Crippen LogP contribution in [0, 0.1) is 12.8 Å². The lowest BCUT2D eigenvalue weighted by molar-refractivity contribution is 0.0630. The van der Waals surface area contributed by atoms with Crippen LogP contribution in [0.3, 0.4) is 0 Å². The number of piperidine rings is 1. The fourth-order valence-corrected chi connectivity index (χ4v) is 3.38. The lowest BCUT2D eigenvalue weighted by Crippen LogP contribution is -2.45. The van der Waals surface area contributed by atoms with Crippen LogP contribution in [0.5, 0.6) is 0 Å². The predicted octanol–water partition coefficient (Wildman–Crippen LogP) is 2.77. The van der Waals surface area contributed by atoms with Gasteiger partial charge in [-0.15, -0.1) is 0 Å². The second kappa shape index (κ2) is 6.49. The van der Waals surface area contributed by atoms with E-state index in [0.29, 0.717) is 18.0 Å². The van der Waals surface area contributed by atoms with Crippen molar-refractivity contribution in [2.75, 3.05) is 20.1 Å². The first-order valence-electron chi connectivity index (χ1n) is 7.46. The minimum atomic E-state index is 0.509. The van der Waals surface area contributed by atoms with Gasteiger partial charge < -0.3 is 5.32 Å². The Morgan fingerprint density at radius 1 is 1.47 bits per heavy atom. The Morgan fingerprint density at radius 2 is 2.26 bits per heavy atom. The number of hydrogen-bond acceptors (Lipinski definition) is 3. The largest absolute Gasteiger partial charge is 0.319 e.